The minimum absolute atomic E-state index is 0.310. The lowest BCUT2D eigenvalue weighted by Gasteiger charge is -2.12. The van der Waals surface area contributed by atoms with Crippen LogP contribution in [0.1, 0.15) is 43.8 Å². The number of nitrogens with zero attached hydrogens (tertiary/aromatic N) is 2. The smallest absolute Gasteiger partial charge is 0.135 e. The predicted molar refractivity (Wildman–Crippen MR) is 94.2 cm³/mol. The maximum Gasteiger partial charge on any atom is 0.135 e. The first kappa shape index (κ1) is 16.2. The Balaban J connectivity index is 2.11. The maximum atomic E-state index is 4.59. The Kier molecular flexibility index (Phi) is 5.99. The van der Waals surface area contributed by atoms with Gasteiger partial charge in [-0.2, -0.15) is 0 Å². The molecule has 6 heteroatoms. The van der Waals surface area contributed by atoms with E-state index in [0.29, 0.717) is 5.92 Å². The molecule has 114 valence electrons. The molecule has 0 aliphatic heterocycles. The van der Waals surface area contributed by atoms with Crippen LogP contribution in [0.25, 0.3) is 0 Å². The molecule has 0 atom stereocenters. The summed E-state index contributed by atoms with van der Waals surface area (Å²) in [5.41, 5.74) is 0. The highest BCUT2D eigenvalue weighted by Crippen LogP contribution is 2.22. The van der Waals surface area contributed by atoms with Crippen LogP contribution in [0.3, 0.4) is 0 Å². The van der Waals surface area contributed by atoms with Crippen LogP contribution in [-0.4, -0.2) is 16.5 Å². The first-order valence-electron chi connectivity index (χ1n) is 7.18. The fraction of sp³-hybridized carbons (Fsp3) is 0.467. The van der Waals surface area contributed by atoms with E-state index < -0.39 is 0 Å². The van der Waals surface area contributed by atoms with Gasteiger partial charge >= 0.3 is 0 Å². The third kappa shape index (κ3) is 4.97. The number of thiophene rings is 1. The molecule has 0 aliphatic rings. The summed E-state index contributed by atoms with van der Waals surface area (Å²) >= 11 is 5.21. The van der Waals surface area contributed by atoms with Gasteiger partial charge in [-0.25, -0.2) is 9.97 Å². The summed E-state index contributed by atoms with van der Waals surface area (Å²) in [7, 11) is 0. The SMILES string of the molecule is CCCNc1cc(NCc2cc(Br)cs2)nc(C(C)C)n1. The third-order valence-electron chi connectivity index (χ3n) is 2.88. The van der Waals surface area contributed by atoms with Crippen molar-refractivity contribution in [2.45, 2.75) is 39.7 Å². The molecule has 2 rings (SSSR count). The van der Waals surface area contributed by atoms with Crippen LogP contribution in [0.4, 0.5) is 11.6 Å². The van der Waals surface area contributed by atoms with Crippen molar-refractivity contribution in [2.24, 2.45) is 0 Å². The summed E-state index contributed by atoms with van der Waals surface area (Å²) in [4.78, 5) is 10.4. The number of rotatable bonds is 7. The summed E-state index contributed by atoms with van der Waals surface area (Å²) in [5.74, 6) is 2.94. The van der Waals surface area contributed by atoms with Gasteiger partial charge in [0.25, 0.3) is 0 Å². The van der Waals surface area contributed by atoms with E-state index in [4.69, 9.17) is 0 Å². The summed E-state index contributed by atoms with van der Waals surface area (Å²) < 4.78 is 1.13. The fourth-order valence-electron chi connectivity index (χ4n) is 1.78. The molecule has 0 aliphatic carbocycles. The maximum absolute atomic E-state index is 4.59. The van der Waals surface area contributed by atoms with E-state index in [1.807, 2.05) is 6.07 Å². The van der Waals surface area contributed by atoms with Gasteiger partial charge in [-0.1, -0.05) is 20.8 Å². The first-order valence-corrected chi connectivity index (χ1v) is 8.85. The Morgan fingerprint density at radius 1 is 1.19 bits per heavy atom. The summed E-state index contributed by atoms with van der Waals surface area (Å²) in [6, 6.07) is 4.10. The molecule has 0 saturated carbocycles. The lowest BCUT2D eigenvalue weighted by molar-refractivity contribution is 0.774. The van der Waals surface area contributed by atoms with E-state index in [2.05, 4.69) is 68.7 Å². The van der Waals surface area contributed by atoms with E-state index in [1.165, 1.54) is 4.88 Å². The van der Waals surface area contributed by atoms with Gasteiger partial charge in [0, 0.05) is 33.3 Å². The van der Waals surface area contributed by atoms with Crippen molar-refractivity contribution in [1.82, 2.24) is 9.97 Å². The van der Waals surface area contributed by atoms with Gasteiger partial charge < -0.3 is 10.6 Å². The van der Waals surface area contributed by atoms with Gasteiger partial charge in [0.15, 0.2) is 0 Å². The van der Waals surface area contributed by atoms with Gasteiger partial charge in [-0.3, -0.25) is 0 Å². The molecule has 0 saturated heterocycles. The first-order chi connectivity index (χ1) is 10.1. The summed E-state index contributed by atoms with van der Waals surface area (Å²) in [6.07, 6.45) is 1.08. The predicted octanol–water partition coefficient (Wildman–Crippen LogP) is 4.86. The number of anilines is 2. The summed E-state index contributed by atoms with van der Waals surface area (Å²) in [5, 5.41) is 8.81. The lowest BCUT2D eigenvalue weighted by atomic mass is 10.2. The second-order valence-corrected chi connectivity index (χ2v) is 7.07. The van der Waals surface area contributed by atoms with Crippen molar-refractivity contribution in [1.29, 1.82) is 0 Å². The molecular weight excluding hydrogens is 348 g/mol. The van der Waals surface area contributed by atoms with E-state index in [9.17, 15) is 0 Å². The Morgan fingerprint density at radius 2 is 1.90 bits per heavy atom. The van der Waals surface area contributed by atoms with Gasteiger partial charge in [-0.05, 0) is 28.4 Å². The van der Waals surface area contributed by atoms with Crippen LogP contribution in [0.15, 0.2) is 22.0 Å². The Labute approximate surface area is 138 Å². The minimum atomic E-state index is 0.310. The Bertz CT molecular complexity index is 583. The van der Waals surface area contributed by atoms with Gasteiger partial charge in [0.05, 0.1) is 6.54 Å². The number of nitrogens with one attached hydrogen (secondary N) is 2. The highest BCUT2D eigenvalue weighted by molar-refractivity contribution is 9.10. The highest BCUT2D eigenvalue weighted by atomic mass is 79.9. The van der Waals surface area contributed by atoms with Crippen LogP contribution in [0, 0.1) is 0 Å². The zero-order valence-corrected chi connectivity index (χ0v) is 15.0. The average Bonchev–Trinajstić information content (AvgIpc) is 2.88. The second-order valence-electron chi connectivity index (χ2n) is 5.16. The number of aromatic nitrogens is 2. The molecule has 0 aromatic carbocycles. The number of halogens is 1. The molecule has 0 spiro atoms. The zero-order valence-electron chi connectivity index (χ0n) is 12.6. The summed E-state index contributed by atoms with van der Waals surface area (Å²) in [6.45, 7) is 8.06. The largest absolute Gasteiger partial charge is 0.370 e. The van der Waals surface area contributed by atoms with Crippen LogP contribution < -0.4 is 10.6 Å². The lowest BCUT2D eigenvalue weighted by Crippen LogP contribution is -2.09. The molecule has 0 unspecified atom stereocenters. The zero-order chi connectivity index (χ0) is 15.2. The highest BCUT2D eigenvalue weighted by Gasteiger charge is 2.08. The van der Waals surface area contributed by atoms with Crippen molar-refractivity contribution in [3.05, 3.63) is 32.7 Å². The van der Waals surface area contributed by atoms with Crippen molar-refractivity contribution in [2.75, 3.05) is 17.2 Å². The quantitative estimate of drug-likeness (QED) is 0.732. The second kappa shape index (κ2) is 7.75. The molecule has 2 aromatic rings. The van der Waals surface area contributed by atoms with Crippen molar-refractivity contribution < 1.29 is 0 Å². The van der Waals surface area contributed by atoms with Crippen LogP contribution >= 0.6 is 27.3 Å². The van der Waals surface area contributed by atoms with E-state index in [0.717, 1.165) is 41.4 Å². The molecule has 0 fully saturated rings. The molecule has 0 bridgehead atoms. The minimum Gasteiger partial charge on any atom is -0.370 e. The number of hydrogen-bond acceptors (Lipinski definition) is 5. The molecule has 0 radical (unpaired) electrons. The topological polar surface area (TPSA) is 49.8 Å². The average molecular weight is 369 g/mol. The monoisotopic (exact) mass is 368 g/mol. The van der Waals surface area contributed by atoms with E-state index in [-0.39, 0.29) is 0 Å². The van der Waals surface area contributed by atoms with Gasteiger partial charge in [0.2, 0.25) is 0 Å². The Morgan fingerprint density at radius 3 is 2.48 bits per heavy atom. The van der Waals surface area contributed by atoms with Gasteiger partial charge in [0.1, 0.15) is 17.5 Å². The molecule has 0 amide bonds. The Hall–Kier alpha value is -1.14. The molecule has 2 heterocycles. The van der Waals surface area contributed by atoms with Crippen LogP contribution in [-0.2, 0) is 6.54 Å². The number of hydrogen-bond donors (Lipinski definition) is 2. The van der Waals surface area contributed by atoms with E-state index in [1.54, 1.807) is 11.3 Å². The van der Waals surface area contributed by atoms with Crippen LogP contribution in [0.2, 0.25) is 0 Å². The standard InChI is InChI=1S/C15H21BrN4S/c1-4-5-17-13-7-14(20-15(19-13)10(2)3)18-8-12-6-11(16)9-21-12/h6-7,9-10H,4-5,8H2,1-3H3,(H2,17,18,19,20). The van der Waals surface area contributed by atoms with Gasteiger partial charge in [-0.15, -0.1) is 11.3 Å². The van der Waals surface area contributed by atoms with Crippen molar-refractivity contribution in [3.8, 4) is 0 Å². The molecule has 2 N–H and O–H groups in total. The van der Waals surface area contributed by atoms with Crippen molar-refractivity contribution in [3.63, 3.8) is 0 Å². The normalized spacial score (nSPS) is 10.9. The molecule has 21 heavy (non-hydrogen) atoms. The van der Waals surface area contributed by atoms with Crippen molar-refractivity contribution >= 4 is 38.9 Å². The molecule has 2 aromatic heterocycles. The van der Waals surface area contributed by atoms with Crippen LogP contribution in [0.5, 0.6) is 0 Å². The molecule has 4 nitrogen and oxygen atoms in total. The molecular formula is C15H21BrN4S. The fourth-order valence-corrected chi connectivity index (χ4v) is 3.17. The third-order valence-corrected chi connectivity index (χ3v) is 4.58. The van der Waals surface area contributed by atoms with E-state index >= 15 is 0 Å².